The molecule has 1 amide bonds. The van der Waals surface area contributed by atoms with Gasteiger partial charge in [0.2, 0.25) is 0 Å². The molecule has 0 bridgehead atoms. The Kier molecular flexibility index (Phi) is 3.41. The van der Waals surface area contributed by atoms with Gasteiger partial charge in [-0.2, -0.15) is 0 Å². The average Bonchev–Trinajstić information content (AvgIpc) is 2.48. The molecule has 0 spiro atoms. The van der Waals surface area contributed by atoms with E-state index in [1.165, 1.54) is 10.6 Å². The number of rotatable bonds is 2. The first-order valence-corrected chi connectivity index (χ1v) is 7.18. The number of amides is 1. The summed E-state index contributed by atoms with van der Waals surface area (Å²) in [6.07, 6.45) is 1.76. The monoisotopic (exact) mass is 296 g/mol. The lowest BCUT2D eigenvalue weighted by Crippen LogP contribution is -2.33. The number of aryl methyl sites for hydroxylation is 1. The minimum absolute atomic E-state index is 0.0513. The van der Waals surface area contributed by atoms with Gasteiger partial charge in [-0.25, -0.2) is 0 Å². The van der Waals surface area contributed by atoms with Crippen molar-refractivity contribution in [2.24, 2.45) is 5.73 Å². The summed E-state index contributed by atoms with van der Waals surface area (Å²) in [5.41, 5.74) is 7.49. The van der Waals surface area contributed by atoms with Crippen molar-refractivity contribution >= 4 is 11.7 Å². The third kappa shape index (κ3) is 2.24. The number of benzene rings is 1. The lowest BCUT2D eigenvalue weighted by Gasteiger charge is -2.21. The zero-order valence-electron chi connectivity index (χ0n) is 12.3. The van der Waals surface area contributed by atoms with Crippen LogP contribution in [0, 0.1) is 6.92 Å². The van der Waals surface area contributed by atoms with Gasteiger partial charge in [0.25, 0.3) is 11.5 Å². The number of carbonyl (C=O) groups excluding carboxylic acids is 2. The molecular formula is C17H16N2O3. The molecule has 3 rings (SSSR count). The fraction of sp³-hybridized carbons (Fsp3) is 0.235. The molecule has 1 aromatic carbocycles. The Hall–Kier alpha value is -2.69. The Bertz CT molecular complexity index is 832. The predicted octanol–water partition coefficient (Wildman–Crippen LogP) is 1.76. The van der Waals surface area contributed by atoms with Crippen LogP contribution in [0.1, 0.15) is 44.8 Å². The first kappa shape index (κ1) is 14.3. The maximum absolute atomic E-state index is 12.6. The van der Waals surface area contributed by atoms with Crippen LogP contribution in [0.25, 0.3) is 5.69 Å². The van der Waals surface area contributed by atoms with E-state index in [4.69, 9.17) is 5.73 Å². The van der Waals surface area contributed by atoms with Crippen LogP contribution < -0.4 is 11.3 Å². The minimum Gasteiger partial charge on any atom is -0.365 e. The molecule has 2 aromatic rings. The van der Waals surface area contributed by atoms with E-state index in [1.54, 1.807) is 12.1 Å². The number of pyridine rings is 1. The van der Waals surface area contributed by atoms with Gasteiger partial charge >= 0.3 is 0 Å². The summed E-state index contributed by atoms with van der Waals surface area (Å²) in [6.45, 7) is 1.95. The number of fused-ring (bicyclic) bond motifs is 1. The summed E-state index contributed by atoms with van der Waals surface area (Å²) in [7, 11) is 0. The van der Waals surface area contributed by atoms with Crippen LogP contribution in [0.3, 0.4) is 0 Å². The highest BCUT2D eigenvalue weighted by Gasteiger charge is 2.25. The Morgan fingerprint density at radius 3 is 2.45 bits per heavy atom. The number of hydrogen-bond acceptors (Lipinski definition) is 3. The van der Waals surface area contributed by atoms with Crippen LogP contribution in [0.4, 0.5) is 0 Å². The number of carbonyl (C=O) groups is 2. The molecule has 0 unspecified atom stereocenters. The maximum atomic E-state index is 12.6. The highest BCUT2D eigenvalue weighted by Crippen LogP contribution is 2.23. The number of hydrogen-bond donors (Lipinski definition) is 1. The molecule has 1 aliphatic rings. The molecular weight excluding hydrogens is 280 g/mol. The van der Waals surface area contributed by atoms with Gasteiger partial charge in [0, 0.05) is 23.4 Å². The van der Waals surface area contributed by atoms with Crippen molar-refractivity contribution in [2.75, 3.05) is 0 Å². The van der Waals surface area contributed by atoms with E-state index in [-0.39, 0.29) is 11.3 Å². The van der Waals surface area contributed by atoms with Crippen molar-refractivity contribution in [1.82, 2.24) is 4.57 Å². The molecule has 0 radical (unpaired) electrons. The van der Waals surface area contributed by atoms with Crippen LogP contribution in [-0.4, -0.2) is 16.3 Å². The Morgan fingerprint density at radius 1 is 1.14 bits per heavy atom. The van der Waals surface area contributed by atoms with Crippen molar-refractivity contribution in [1.29, 1.82) is 0 Å². The third-order valence-corrected chi connectivity index (χ3v) is 3.98. The largest absolute Gasteiger partial charge is 0.365 e. The summed E-state index contributed by atoms with van der Waals surface area (Å²) in [4.78, 5) is 36.3. The fourth-order valence-corrected chi connectivity index (χ4v) is 2.84. The smallest absolute Gasteiger partial charge is 0.268 e. The Labute approximate surface area is 127 Å². The molecule has 1 heterocycles. The third-order valence-electron chi connectivity index (χ3n) is 3.98. The average molecular weight is 296 g/mol. The zero-order valence-corrected chi connectivity index (χ0v) is 12.3. The van der Waals surface area contributed by atoms with Crippen LogP contribution in [0.5, 0.6) is 0 Å². The number of ketones is 1. The van der Waals surface area contributed by atoms with Crippen molar-refractivity contribution in [3.8, 4) is 5.69 Å². The highest BCUT2D eigenvalue weighted by atomic mass is 16.2. The summed E-state index contributed by atoms with van der Waals surface area (Å²) < 4.78 is 1.45. The van der Waals surface area contributed by atoms with Crippen molar-refractivity contribution in [2.45, 2.75) is 26.2 Å². The van der Waals surface area contributed by atoms with Gasteiger partial charge in [0.15, 0.2) is 5.78 Å². The first-order chi connectivity index (χ1) is 10.5. The van der Waals surface area contributed by atoms with Gasteiger partial charge in [0.05, 0.1) is 0 Å². The topological polar surface area (TPSA) is 82.2 Å². The lowest BCUT2D eigenvalue weighted by molar-refractivity contribution is 0.0971. The summed E-state index contributed by atoms with van der Waals surface area (Å²) >= 11 is 0. The van der Waals surface area contributed by atoms with E-state index in [0.717, 1.165) is 5.56 Å². The molecule has 0 aliphatic heterocycles. The van der Waals surface area contributed by atoms with Gasteiger partial charge in [0.1, 0.15) is 5.56 Å². The van der Waals surface area contributed by atoms with E-state index in [9.17, 15) is 14.4 Å². The summed E-state index contributed by atoms with van der Waals surface area (Å²) in [5, 5.41) is 0. The maximum Gasteiger partial charge on any atom is 0.268 e. The number of nitrogens with zero attached hydrogens (tertiary/aromatic N) is 1. The summed E-state index contributed by atoms with van der Waals surface area (Å²) in [6, 6.07) is 8.74. The molecule has 1 aromatic heterocycles. The van der Waals surface area contributed by atoms with E-state index < -0.39 is 11.5 Å². The quantitative estimate of drug-likeness (QED) is 0.916. The van der Waals surface area contributed by atoms with Crippen LogP contribution in [-0.2, 0) is 6.42 Å². The number of nitrogens with two attached hydrogens (primary N) is 1. The van der Waals surface area contributed by atoms with Crippen molar-refractivity contribution in [3.63, 3.8) is 0 Å². The molecule has 5 heteroatoms. The van der Waals surface area contributed by atoms with Crippen molar-refractivity contribution in [3.05, 3.63) is 63.1 Å². The van der Waals surface area contributed by atoms with Crippen LogP contribution in [0.15, 0.2) is 35.1 Å². The van der Waals surface area contributed by atoms with E-state index in [0.29, 0.717) is 36.2 Å². The number of primary amides is 1. The molecule has 2 N–H and O–H groups in total. The van der Waals surface area contributed by atoms with Gasteiger partial charge in [-0.1, -0.05) is 17.7 Å². The predicted molar refractivity (Wildman–Crippen MR) is 82.6 cm³/mol. The SMILES string of the molecule is Cc1ccc(-n2c3c(cc(C(N)=O)c2=O)C(=O)CCC3)cc1. The number of Topliss-reactive ketones (excluding diaryl/α,β-unsaturated/α-hetero) is 1. The second kappa shape index (κ2) is 5.26. The van der Waals surface area contributed by atoms with Crippen molar-refractivity contribution < 1.29 is 9.59 Å². The fourth-order valence-electron chi connectivity index (χ4n) is 2.84. The molecule has 0 saturated carbocycles. The van der Waals surface area contributed by atoms with Gasteiger partial charge in [-0.15, -0.1) is 0 Å². The van der Waals surface area contributed by atoms with Crippen LogP contribution >= 0.6 is 0 Å². The zero-order chi connectivity index (χ0) is 15.9. The van der Waals surface area contributed by atoms with Crippen LogP contribution in [0.2, 0.25) is 0 Å². The minimum atomic E-state index is -0.813. The molecule has 0 atom stereocenters. The number of aromatic nitrogens is 1. The standard InChI is InChI=1S/C17H16N2O3/c1-10-5-7-11(8-6-10)19-14-3-2-4-15(20)12(14)9-13(16(18)21)17(19)22/h5-9H,2-4H2,1H3,(H2,18,21). The van der Waals surface area contributed by atoms with E-state index in [2.05, 4.69) is 0 Å². The first-order valence-electron chi connectivity index (χ1n) is 7.18. The Balaban J connectivity index is 2.36. The molecule has 22 heavy (non-hydrogen) atoms. The highest BCUT2D eigenvalue weighted by molar-refractivity contribution is 6.01. The molecule has 1 aliphatic carbocycles. The second-order valence-corrected chi connectivity index (χ2v) is 5.54. The molecule has 0 saturated heterocycles. The molecule has 0 fully saturated rings. The molecule has 112 valence electrons. The van der Waals surface area contributed by atoms with E-state index >= 15 is 0 Å². The Morgan fingerprint density at radius 2 is 1.82 bits per heavy atom. The second-order valence-electron chi connectivity index (χ2n) is 5.54. The van der Waals surface area contributed by atoms with E-state index in [1.807, 2.05) is 19.1 Å². The van der Waals surface area contributed by atoms with Gasteiger partial charge < -0.3 is 5.73 Å². The van der Waals surface area contributed by atoms with Gasteiger partial charge in [-0.05, 0) is 38.0 Å². The summed E-state index contributed by atoms with van der Waals surface area (Å²) in [5.74, 6) is -0.864. The lowest BCUT2D eigenvalue weighted by atomic mass is 9.92. The normalized spacial score (nSPS) is 13.8. The molecule has 5 nitrogen and oxygen atoms in total. The van der Waals surface area contributed by atoms with Gasteiger partial charge in [-0.3, -0.25) is 19.0 Å².